The molecule has 0 bridgehead atoms. The molecular formula is C15H24OS2. The fraction of sp³-hybridized carbons (Fsp3) is 0.600. The molecular weight excluding hydrogens is 260 g/mol. The van der Waals surface area contributed by atoms with Gasteiger partial charge in [0.25, 0.3) is 0 Å². The zero-order valence-corrected chi connectivity index (χ0v) is 13.3. The van der Waals surface area contributed by atoms with Crippen LogP contribution in [0.4, 0.5) is 0 Å². The van der Waals surface area contributed by atoms with Crippen molar-refractivity contribution >= 4 is 23.5 Å². The minimum Gasteiger partial charge on any atom is -0.508 e. The minimum absolute atomic E-state index is 0.459. The first-order chi connectivity index (χ1) is 8.70. The molecule has 0 atom stereocenters. The van der Waals surface area contributed by atoms with Gasteiger partial charge in [0.2, 0.25) is 0 Å². The van der Waals surface area contributed by atoms with E-state index in [2.05, 4.69) is 26.8 Å². The molecule has 1 aromatic rings. The largest absolute Gasteiger partial charge is 0.508 e. The summed E-state index contributed by atoms with van der Waals surface area (Å²) in [5.41, 5.74) is 3.78. The fourth-order valence-corrected chi connectivity index (χ4v) is 3.74. The highest BCUT2D eigenvalue weighted by Crippen LogP contribution is 2.30. The van der Waals surface area contributed by atoms with E-state index in [1.165, 1.54) is 29.7 Å². The first kappa shape index (κ1) is 15.8. The maximum Gasteiger partial charge on any atom is 0.119 e. The second-order valence-corrected chi connectivity index (χ2v) is 6.66. The highest BCUT2D eigenvalue weighted by molar-refractivity contribution is 7.98. The molecule has 0 heterocycles. The molecule has 18 heavy (non-hydrogen) atoms. The third kappa shape index (κ3) is 4.77. The van der Waals surface area contributed by atoms with Gasteiger partial charge in [0, 0.05) is 17.1 Å². The average molecular weight is 284 g/mol. The quantitative estimate of drug-likeness (QED) is 0.679. The lowest BCUT2D eigenvalue weighted by Gasteiger charge is -2.13. The Balaban J connectivity index is 2.72. The van der Waals surface area contributed by atoms with E-state index in [1.807, 2.05) is 29.6 Å². The second-order valence-electron chi connectivity index (χ2n) is 4.45. The maximum atomic E-state index is 9.97. The lowest BCUT2D eigenvalue weighted by molar-refractivity contribution is 0.470. The third-order valence-electron chi connectivity index (χ3n) is 2.89. The van der Waals surface area contributed by atoms with Crippen molar-refractivity contribution in [2.75, 3.05) is 11.5 Å². The summed E-state index contributed by atoms with van der Waals surface area (Å²) in [6.07, 6.45) is 2.41. The van der Waals surface area contributed by atoms with E-state index in [-0.39, 0.29) is 0 Å². The van der Waals surface area contributed by atoms with Gasteiger partial charge in [-0.2, -0.15) is 23.5 Å². The number of aromatic hydroxyl groups is 1. The van der Waals surface area contributed by atoms with Crippen LogP contribution in [0.5, 0.6) is 5.75 Å². The molecule has 0 radical (unpaired) electrons. The van der Waals surface area contributed by atoms with Crippen LogP contribution in [0.25, 0.3) is 0 Å². The molecule has 0 aliphatic heterocycles. The van der Waals surface area contributed by atoms with Crippen LogP contribution in [0.1, 0.15) is 43.4 Å². The summed E-state index contributed by atoms with van der Waals surface area (Å²) in [5.74, 6) is 4.82. The first-order valence-electron chi connectivity index (χ1n) is 6.66. The molecule has 0 saturated carbocycles. The highest BCUT2D eigenvalue weighted by atomic mass is 32.2. The van der Waals surface area contributed by atoms with Crippen molar-refractivity contribution in [2.24, 2.45) is 0 Å². The van der Waals surface area contributed by atoms with Gasteiger partial charge in [-0.25, -0.2) is 0 Å². The van der Waals surface area contributed by atoms with Gasteiger partial charge in [0.1, 0.15) is 5.75 Å². The van der Waals surface area contributed by atoms with E-state index in [4.69, 9.17) is 0 Å². The zero-order chi connectivity index (χ0) is 13.4. The number of phenolic OH excluding ortho intramolecular Hbond substituents is 1. The topological polar surface area (TPSA) is 20.2 Å². The van der Waals surface area contributed by atoms with Crippen molar-refractivity contribution in [3.05, 3.63) is 28.8 Å². The van der Waals surface area contributed by atoms with E-state index < -0.39 is 0 Å². The van der Waals surface area contributed by atoms with Crippen LogP contribution >= 0.6 is 23.5 Å². The molecule has 0 fully saturated rings. The summed E-state index contributed by atoms with van der Waals surface area (Å²) >= 11 is 3.88. The Morgan fingerprint density at radius 2 is 1.61 bits per heavy atom. The van der Waals surface area contributed by atoms with E-state index in [0.29, 0.717) is 5.75 Å². The van der Waals surface area contributed by atoms with E-state index in [1.54, 1.807) is 0 Å². The van der Waals surface area contributed by atoms with Crippen LogP contribution in [0.3, 0.4) is 0 Å². The van der Waals surface area contributed by atoms with Gasteiger partial charge in [0.05, 0.1) is 0 Å². The van der Waals surface area contributed by atoms with Crippen LogP contribution in [-0.2, 0) is 11.5 Å². The SMILES string of the molecule is CCCSCc1ccc(O)c(CSCCC)c1C. The Morgan fingerprint density at radius 1 is 1.00 bits per heavy atom. The average Bonchev–Trinajstić information content (AvgIpc) is 2.36. The maximum absolute atomic E-state index is 9.97. The van der Waals surface area contributed by atoms with Crippen molar-refractivity contribution in [3.8, 4) is 5.75 Å². The van der Waals surface area contributed by atoms with Crippen molar-refractivity contribution in [3.63, 3.8) is 0 Å². The molecule has 1 N–H and O–H groups in total. The van der Waals surface area contributed by atoms with Crippen molar-refractivity contribution in [1.29, 1.82) is 0 Å². The molecule has 0 aliphatic carbocycles. The van der Waals surface area contributed by atoms with Crippen molar-refractivity contribution in [1.82, 2.24) is 0 Å². The molecule has 1 nitrogen and oxygen atoms in total. The van der Waals surface area contributed by atoms with Crippen LogP contribution in [0.15, 0.2) is 12.1 Å². The summed E-state index contributed by atoms with van der Waals surface area (Å²) in [4.78, 5) is 0. The third-order valence-corrected chi connectivity index (χ3v) is 5.29. The summed E-state index contributed by atoms with van der Waals surface area (Å²) < 4.78 is 0. The summed E-state index contributed by atoms with van der Waals surface area (Å²) in [6.45, 7) is 6.55. The lowest BCUT2D eigenvalue weighted by Crippen LogP contribution is -1.95. The van der Waals surface area contributed by atoms with E-state index >= 15 is 0 Å². The molecule has 0 spiro atoms. The van der Waals surface area contributed by atoms with E-state index in [0.717, 1.165) is 22.8 Å². The number of hydrogen-bond acceptors (Lipinski definition) is 3. The molecule has 0 aliphatic rings. The number of phenols is 1. The van der Waals surface area contributed by atoms with Gasteiger partial charge in [-0.1, -0.05) is 19.9 Å². The Bertz CT molecular complexity index is 364. The lowest BCUT2D eigenvalue weighted by atomic mass is 10.0. The molecule has 0 saturated heterocycles. The molecule has 102 valence electrons. The Labute approximate surface area is 120 Å². The van der Waals surface area contributed by atoms with Gasteiger partial charge in [-0.05, 0) is 48.5 Å². The Morgan fingerprint density at radius 3 is 2.22 bits per heavy atom. The fourth-order valence-electron chi connectivity index (χ4n) is 1.77. The van der Waals surface area contributed by atoms with Gasteiger partial charge < -0.3 is 5.11 Å². The standard InChI is InChI=1S/C15H24OS2/c1-4-8-17-10-13-6-7-15(16)14(12(13)3)11-18-9-5-2/h6-7,16H,4-5,8-11H2,1-3H3. The molecule has 3 heteroatoms. The predicted molar refractivity (Wildman–Crippen MR) is 85.7 cm³/mol. The number of rotatable bonds is 8. The van der Waals surface area contributed by atoms with Crippen LogP contribution < -0.4 is 0 Å². The van der Waals surface area contributed by atoms with E-state index in [9.17, 15) is 5.11 Å². The van der Waals surface area contributed by atoms with Gasteiger partial charge in [-0.15, -0.1) is 0 Å². The van der Waals surface area contributed by atoms with Crippen molar-refractivity contribution < 1.29 is 5.11 Å². The monoisotopic (exact) mass is 284 g/mol. The minimum atomic E-state index is 0.459. The summed E-state index contributed by atoms with van der Waals surface area (Å²) in [5, 5.41) is 9.97. The Kier molecular flexibility index (Phi) is 7.68. The molecule has 1 rings (SSSR count). The van der Waals surface area contributed by atoms with Crippen LogP contribution in [0, 0.1) is 6.92 Å². The number of hydrogen-bond donors (Lipinski definition) is 1. The summed E-state index contributed by atoms with van der Waals surface area (Å²) in [7, 11) is 0. The van der Waals surface area contributed by atoms with Gasteiger partial charge >= 0.3 is 0 Å². The smallest absolute Gasteiger partial charge is 0.119 e. The van der Waals surface area contributed by atoms with Gasteiger partial charge in [-0.3, -0.25) is 0 Å². The first-order valence-corrected chi connectivity index (χ1v) is 8.97. The highest BCUT2D eigenvalue weighted by Gasteiger charge is 2.09. The number of benzene rings is 1. The van der Waals surface area contributed by atoms with Gasteiger partial charge in [0.15, 0.2) is 0 Å². The van der Waals surface area contributed by atoms with Crippen molar-refractivity contribution in [2.45, 2.75) is 45.1 Å². The molecule has 0 unspecified atom stereocenters. The van der Waals surface area contributed by atoms with Crippen LogP contribution in [0.2, 0.25) is 0 Å². The second kappa shape index (κ2) is 8.76. The Hall–Kier alpha value is -0.280. The molecule has 1 aromatic carbocycles. The number of thioether (sulfide) groups is 2. The molecule has 0 aromatic heterocycles. The van der Waals surface area contributed by atoms with Crippen LogP contribution in [-0.4, -0.2) is 16.6 Å². The normalized spacial score (nSPS) is 10.8. The predicted octanol–water partition coefficient (Wildman–Crippen LogP) is 4.99. The zero-order valence-electron chi connectivity index (χ0n) is 11.7. The molecule has 0 amide bonds. The summed E-state index contributed by atoms with van der Waals surface area (Å²) in [6, 6.07) is 3.93.